The maximum absolute atomic E-state index is 6.62. The minimum Gasteiger partial charge on any atom is -0.457 e. The molecule has 1 atom stereocenters. The zero-order valence-electron chi connectivity index (χ0n) is 34.2. The van der Waals surface area contributed by atoms with Crippen LogP contribution >= 0.6 is 0 Å². The van der Waals surface area contributed by atoms with Crippen LogP contribution in [0, 0.1) is 0 Å². The Hall–Kier alpha value is -7.74. The van der Waals surface area contributed by atoms with E-state index in [9.17, 15) is 0 Å². The molecule has 62 heavy (non-hydrogen) atoms. The summed E-state index contributed by atoms with van der Waals surface area (Å²) >= 11 is 0. The Balaban J connectivity index is 0.958. The maximum Gasteiger partial charge on any atom is 0.132 e. The number of para-hydroxylation sites is 2. The van der Waals surface area contributed by atoms with Crippen LogP contribution in [0.2, 0.25) is 0 Å². The molecular weight excluding hydrogens is 749 g/mol. The molecule has 0 saturated carbocycles. The molecule has 1 heterocycles. The highest BCUT2D eigenvalue weighted by Gasteiger charge is 2.51. The first-order valence-electron chi connectivity index (χ1n) is 21.7. The van der Waals surface area contributed by atoms with Gasteiger partial charge in [-0.15, -0.1) is 0 Å². The van der Waals surface area contributed by atoms with Gasteiger partial charge < -0.3 is 4.74 Å². The first-order valence-corrected chi connectivity index (χ1v) is 21.7. The molecule has 1 unspecified atom stereocenters. The number of ether oxygens (including phenoxy) is 1. The topological polar surface area (TPSA) is 9.23 Å². The summed E-state index contributed by atoms with van der Waals surface area (Å²) in [6.07, 6.45) is 0.899. The summed E-state index contributed by atoms with van der Waals surface area (Å²) in [6.45, 7) is 0. The molecule has 10 aromatic carbocycles. The van der Waals surface area contributed by atoms with Crippen molar-refractivity contribution in [3.63, 3.8) is 0 Å². The molecule has 1 aliphatic carbocycles. The van der Waals surface area contributed by atoms with E-state index in [0.717, 1.165) is 17.9 Å². The van der Waals surface area contributed by atoms with Crippen molar-refractivity contribution in [2.75, 3.05) is 0 Å². The van der Waals surface area contributed by atoms with Crippen LogP contribution in [0.25, 0.3) is 55.3 Å². The third-order valence-electron chi connectivity index (χ3n) is 13.4. The van der Waals surface area contributed by atoms with Gasteiger partial charge in [0.2, 0.25) is 0 Å². The van der Waals surface area contributed by atoms with Crippen molar-refractivity contribution in [3.8, 4) is 56.0 Å². The van der Waals surface area contributed by atoms with Crippen LogP contribution in [0.1, 0.15) is 44.9 Å². The largest absolute Gasteiger partial charge is 0.457 e. The van der Waals surface area contributed by atoms with Crippen molar-refractivity contribution >= 4 is 10.8 Å². The summed E-state index contributed by atoms with van der Waals surface area (Å²) in [6, 6.07) is 86.9. The second-order valence-electron chi connectivity index (χ2n) is 16.7. The Labute approximate surface area is 363 Å². The van der Waals surface area contributed by atoms with E-state index in [0.29, 0.717) is 0 Å². The molecule has 0 aromatic heterocycles. The van der Waals surface area contributed by atoms with Crippen molar-refractivity contribution in [2.24, 2.45) is 0 Å². The molecule has 0 radical (unpaired) electrons. The predicted octanol–water partition coefficient (Wildman–Crippen LogP) is 15.7. The van der Waals surface area contributed by atoms with E-state index in [4.69, 9.17) is 4.74 Å². The van der Waals surface area contributed by atoms with E-state index < -0.39 is 5.41 Å². The molecule has 1 aliphatic heterocycles. The van der Waals surface area contributed by atoms with Crippen LogP contribution in [0.5, 0.6) is 11.5 Å². The second-order valence-corrected chi connectivity index (χ2v) is 16.7. The summed E-state index contributed by atoms with van der Waals surface area (Å²) in [4.78, 5) is 0. The average Bonchev–Trinajstić information content (AvgIpc) is 3.64. The fourth-order valence-electron chi connectivity index (χ4n) is 10.4. The lowest BCUT2D eigenvalue weighted by molar-refractivity contribution is 0.436. The van der Waals surface area contributed by atoms with Crippen molar-refractivity contribution < 1.29 is 4.74 Å². The molecule has 292 valence electrons. The molecule has 0 bridgehead atoms. The van der Waals surface area contributed by atoms with Crippen LogP contribution < -0.4 is 4.74 Å². The van der Waals surface area contributed by atoms with Crippen LogP contribution in [0.3, 0.4) is 0 Å². The summed E-state index contributed by atoms with van der Waals surface area (Å²) in [5.41, 5.74) is 18.3. The molecular formula is C61H42O. The molecule has 12 rings (SSSR count). The molecule has 0 N–H and O–H groups in total. The van der Waals surface area contributed by atoms with Gasteiger partial charge in [0, 0.05) is 17.0 Å². The first kappa shape index (κ1) is 36.1. The standard InChI is InChI=1S/C61H42O/c1-3-13-42(14-4-1)44-25-23-41(24-26-44)39-52(48-31-27-45(28-32-48)43-15-5-2-6-16-43)49-33-29-46(30-34-49)50-36-37-54-53(40-50)60-51-18-8-7-17-47(51)35-38-57(60)61(54)55-19-9-11-21-58(55)62-59-22-12-10-20-56(59)61/h1-38,40,52H,39H2. The predicted molar refractivity (Wildman–Crippen MR) is 256 cm³/mol. The van der Waals surface area contributed by atoms with Gasteiger partial charge in [0.1, 0.15) is 11.5 Å². The fraction of sp³-hybridized carbons (Fsp3) is 0.0492. The van der Waals surface area contributed by atoms with Gasteiger partial charge in [-0.1, -0.05) is 218 Å². The zero-order valence-corrected chi connectivity index (χ0v) is 34.2. The van der Waals surface area contributed by atoms with Gasteiger partial charge in [0.05, 0.1) is 5.41 Å². The Morgan fingerprint density at radius 1 is 0.355 bits per heavy atom. The highest BCUT2D eigenvalue weighted by atomic mass is 16.5. The van der Waals surface area contributed by atoms with Gasteiger partial charge in [0.15, 0.2) is 0 Å². The monoisotopic (exact) mass is 790 g/mol. The Morgan fingerprint density at radius 3 is 1.44 bits per heavy atom. The Bertz CT molecular complexity index is 3210. The number of fused-ring (bicyclic) bond motifs is 11. The number of hydrogen-bond acceptors (Lipinski definition) is 1. The van der Waals surface area contributed by atoms with Gasteiger partial charge in [-0.3, -0.25) is 0 Å². The minimum absolute atomic E-state index is 0.184. The number of rotatable bonds is 7. The average molecular weight is 791 g/mol. The van der Waals surface area contributed by atoms with Crippen molar-refractivity contribution in [1.82, 2.24) is 0 Å². The van der Waals surface area contributed by atoms with E-state index in [1.807, 2.05) is 0 Å². The van der Waals surface area contributed by atoms with E-state index >= 15 is 0 Å². The van der Waals surface area contributed by atoms with E-state index in [2.05, 4.69) is 237 Å². The zero-order chi connectivity index (χ0) is 41.0. The van der Waals surface area contributed by atoms with Gasteiger partial charge in [0.25, 0.3) is 0 Å². The van der Waals surface area contributed by atoms with E-state index in [-0.39, 0.29) is 5.92 Å². The van der Waals surface area contributed by atoms with Crippen LogP contribution in [0.15, 0.2) is 237 Å². The lowest BCUT2D eigenvalue weighted by Gasteiger charge is -2.39. The summed E-state index contributed by atoms with van der Waals surface area (Å²) < 4.78 is 6.62. The third kappa shape index (κ3) is 5.85. The first-order chi connectivity index (χ1) is 30.7. The van der Waals surface area contributed by atoms with Gasteiger partial charge >= 0.3 is 0 Å². The normalized spacial score (nSPS) is 13.4. The van der Waals surface area contributed by atoms with Crippen molar-refractivity contribution in [2.45, 2.75) is 17.8 Å². The van der Waals surface area contributed by atoms with Gasteiger partial charge in [-0.25, -0.2) is 0 Å². The van der Waals surface area contributed by atoms with Gasteiger partial charge in [-0.05, 0) is 108 Å². The van der Waals surface area contributed by atoms with E-state index in [1.165, 1.54) is 94.2 Å². The van der Waals surface area contributed by atoms with Crippen molar-refractivity contribution in [1.29, 1.82) is 0 Å². The van der Waals surface area contributed by atoms with Crippen LogP contribution in [0.4, 0.5) is 0 Å². The SMILES string of the molecule is c1ccc(-c2ccc(CC(c3ccc(-c4ccccc4)cc3)c3ccc(-c4ccc5c(c4)-c4c(ccc6ccccc46)C54c5ccccc5Oc5ccccc54)cc3)cc2)cc1. The molecule has 0 saturated heterocycles. The minimum atomic E-state index is -0.509. The van der Waals surface area contributed by atoms with E-state index in [1.54, 1.807) is 0 Å². The summed E-state index contributed by atoms with van der Waals surface area (Å²) in [7, 11) is 0. The quantitative estimate of drug-likeness (QED) is 0.156. The lowest BCUT2D eigenvalue weighted by atomic mass is 9.66. The fourth-order valence-corrected chi connectivity index (χ4v) is 10.4. The molecule has 0 amide bonds. The molecule has 10 aromatic rings. The molecule has 1 spiro atoms. The number of benzene rings is 10. The maximum atomic E-state index is 6.62. The molecule has 0 fully saturated rings. The molecule has 1 nitrogen and oxygen atoms in total. The third-order valence-corrected chi connectivity index (χ3v) is 13.4. The summed E-state index contributed by atoms with van der Waals surface area (Å²) in [5.74, 6) is 2.01. The smallest absolute Gasteiger partial charge is 0.132 e. The Morgan fingerprint density at radius 2 is 0.823 bits per heavy atom. The lowest BCUT2D eigenvalue weighted by Crippen LogP contribution is -2.32. The molecule has 2 aliphatic rings. The van der Waals surface area contributed by atoms with Crippen LogP contribution in [-0.4, -0.2) is 0 Å². The number of hydrogen-bond donors (Lipinski definition) is 0. The summed E-state index contributed by atoms with van der Waals surface area (Å²) in [5, 5.41) is 2.52. The van der Waals surface area contributed by atoms with Crippen molar-refractivity contribution in [3.05, 3.63) is 276 Å². The highest BCUT2D eigenvalue weighted by molar-refractivity contribution is 6.05. The second kappa shape index (κ2) is 14.8. The highest BCUT2D eigenvalue weighted by Crippen LogP contribution is 2.63. The Kier molecular flexibility index (Phi) is 8.61. The van der Waals surface area contributed by atoms with Gasteiger partial charge in [-0.2, -0.15) is 0 Å². The van der Waals surface area contributed by atoms with Crippen LogP contribution in [-0.2, 0) is 11.8 Å². The molecule has 1 heteroatoms.